The van der Waals surface area contributed by atoms with Gasteiger partial charge in [0.25, 0.3) is 0 Å². The number of nitrogens with one attached hydrogen (secondary N) is 1. The maximum Gasteiger partial charge on any atom is 0.120 e. The van der Waals surface area contributed by atoms with E-state index in [0.29, 0.717) is 0 Å². The molecule has 1 heterocycles. The van der Waals surface area contributed by atoms with Gasteiger partial charge in [0.05, 0.1) is 12.6 Å². The second-order valence-electron chi connectivity index (χ2n) is 4.58. The quantitative estimate of drug-likeness (QED) is 0.848. The summed E-state index contributed by atoms with van der Waals surface area (Å²) in [4.78, 5) is 0. The van der Waals surface area contributed by atoms with Gasteiger partial charge in [-0.25, -0.2) is 0 Å². The predicted molar refractivity (Wildman–Crippen MR) is 76.4 cm³/mol. The largest absolute Gasteiger partial charge is 0.497 e. The molecule has 2 rings (SSSR count). The molecule has 0 radical (unpaired) electrons. The molecule has 0 aliphatic rings. The van der Waals surface area contributed by atoms with E-state index in [1.165, 1.54) is 16.5 Å². The van der Waals surface area contributed by atoms with Crippen LogP contribution in [0.4, 0.5) is 0 Å². The summed E-state index contributed by atoms with van der Waals surface area (Å²) >= 11 is 0. The van der Waals surface area contributed by atoms with Gasteiger partial charge in [-0.15, -0.1) is 0 Å². The van der Waals surface area contributed by atoms with Crippen LogP contribution >= 0.6 is 0 Å². The molecule has 0 unspecified atom stereocenters. The lowest BCUT2D eigenvalue weighted by Gasteiger charge is -2.04. The maximum absolute atomic E-state index is 5.32. The Labute approximate surface area is 109 Å². The van der Waals surface area contributed by atoms with Crippen LogP contribution in [-0.2, 0) is 13.0 Å². The van der Waals surface area contributed by atoms with Crippen molar-refractivity contribution in [1.29, 1.82) is 0 Å². The topological polar surface area (TPSA) is 26.2 Å². The lowest BCUT2D eigenvalue weighted by molar-refractivity contribution is 0.415. The highest BCUT2D eigenvalue weighted by Crippen LogP contribution is 2.26. The SMILES string of the molecule is CCCn1cc(CCNC)c2ccc(OC)cc21. The molecule has 0 aliphatic heterocycles. The van der Waals surface area contributed by atoms with E-state index < -0.39 is 0 Å². The van der Waals surface area contributed by atoms with E-state index in [1.807, 2.05) is 13.1 Å². The number of rotatable bonds is 6. The van der Waals surface area contributed by atoms with Crippen molar-refractivity contribution in [3.63, 3.8) is 0 Å². The van der Waals surface area contributed by atoms with Crippen LogP contribution in [0, 0.1) is 0 Å². The van der Waals surface area contributed by atoms with Crippen LogP contribution in [0.1, 0.15) is 18.9 Å². The molecule has 0 spiro atoms. The summed E-state index contributed by atoms with van der Waals surface area (Å²) in [5.41, 5.74) is 2.69. The third-order valence-electron chi connectivity index (χ3n) is 3.28. The number of ether oxygens (including phenoxy) is 1. The molecule has 0 aliphatic carbocycles. The van der Waals surface area contributed by atoms with Gasteiger partial charge >= 0.3 is 0 Å². The Balaban J connectivity index is 2.45. The highest BCUT2D eigenvalue weighted by Gasteiger charge is 2.08. The van der Waals surface area contributed by atoms with E-state index >= 15 is 0 Å². The molecule has 1 N–H and O–H groups in total. The van der Waals surface area contributed by atoms with Crippen LogP contribution in [0.2, 0.25) is 0 Å². The minimum atomic E-state index is 0.929. The van der Waals surface area contributed by atoms with Crippen molar-refractivity contribution in [2.24, 2.45) is 0 Å². The van der Waals surface area contributed by atoms with Crippen LogP contribution in [0.5, 0.6) is 5.75 Å². The van der Waals surface area contributed by atoms with Crippen molar-refractivity contribution in [3.05, 3.63) is 30.0 Å². The Bertz CT molecular complexity index is 516. The summed E-state index contributed by atoms with van der Waals surface area (Å²) < 4.78 is 7.66. The smallest absolute Gasteiger partial charge is 0.120 e. The first-order valence-corrected chi connectivity index (χ1v) is 6.60. The molecule has 0 saturated heterocycles. The average Bonchev–Trinajstić information content (AvgIpc) is 2.74. The lowest BCUT2D eigenvalue weighted by atomic mass is 10.1. The van der Waals surface area contributed by atoms with Crippen molar-refractivity contribution in [2.75, 3.05) is 20.7 Å². The van der Waals surface area contributed by atoms with Gasteiger partial charge in [0, 0.05) is 24.2 Å². The fraction of sp³-hybridized carbons (Fsp3) is 0.467. The number of hydrogen-bond donors (Lipinski definition) is 1. The van der Waals surface area contributed by atoms with E-state index in [4.69, 9.17) is 4.74 Å². The summed E-state index contributed by atoms with van der Waals surface area (Å²) in [5.74, 6) is 0.929. The van der Waals surface area contributed by atoms with Crippen LogP contribution < -0.4 is 10.1 Å². The van der Waals surface area contributed by atoms with Crippen LogP contribution in [0.25, 0.3) is 10.9 Å². The summed E-state index contributed by atoms with van der Waals surface area (Å²) in [6.07, 6.45) is 4.49. The molecule has 0 saturated carbocycles. The monoisotopic (exact) mass is 246 g/mol. The van der Waals surface area contributed by atoms with Gasteiger partial charge in [-0.2, -0.15) is 0 Å². The van der Waals surface area contributed by atoms with Crippen LogP contribution in [0.3, 0.4) is 0 Å². The second kappa shape index (κ2) is 5.91. The zero-order chi connectivity index (χ0) is 13.0. The van der Waals surface area contributed by atoms with Crippen molar-refractivity contribution in [2.45, 2.75) is 26.3 Å². The minimum absolute atomic E-state index is 0.929. The fourth-order valence-corrected chi connectivity index (χ4v) is 2.36. The molecule has 0 atom stereocenters. The number of benzene rings is 1. The number of aromatic nitrogens is 1. The Kier molecular flexibility index (Phi) is 4.26. The standard InChI is InChI=1S/C15H22N2O/c1-4-9-17-11-12(7-8-16-2)14-6-5-13(18-3)10-15(14)17/h5-6,10-11,16H,4,7-9H2,1-3H3. The number of hydrogen-bond acceptors (Lipinski definition) is 2. The van der Waals surface area contributed by atoms with Crippen LogP contribution in [0.15, 0.2) is 24.4 Å². The number of methoxy groups -OCH3 is 1. The molecule has 98 valence electrons. The number of likely N-dealkylation sites (N-methyl/N-ethyl adjacent to an activating group) is 1. The summed E-state index contributed by atoms with van der Waals surface area (Å²) in [6.45, 7) is 4.28. The van der Waals surface area contributed by atoms with E-state index in [0.717, 1.165) is 31.7 Å². The van der Waals surface area contributed by atoms with Gasteiger partial charge in [-0.1, -0.05) is 6.92 Å². The summed E-state index contributed by atoms with van der Waals surface area (Å²) in [6, 6.07) is 6.35. The van der Waals surface area contributed by atoms with Crippen molar-refractivity contribution < 1.29 is 4.74 Å². The van der Waals surface area contributed by atoms with E-state index in [-0.39, 0.29) is 0 Å². The third kappa shape index (κ3) is 2.51. The molecule has 3 nitrogen and oxygen atoms in total. The average molecular weight is 246 g/mol. The summed E-state index contributed by atoms with van der Waals surface area (Å²) in [5, 5.41) is 4.56. The minimum Gasteiger partial charge on any atom is -0.497 e. The van der Waals surface area contributed by atoms with Gasteiger partial charge in [-0.3, -0.25) is 0 Å². The molecular formula is C15H22N2O. The molecule has 1 aromatic heterocycles. The Morgan fingerprint density at radius 1 is 1.33 bits per heavy atom. The fourth-order valence-electron chi connectivity index (χ4n) is 2.36. The summed E-state index contributed by atoms with van der Waals surface area (Å²) in [7, 11) is 3.71. The first-order valence-electron chi connectivity index (χ1n) is 6.60. The molecule has 2 aromatic rings. The van der Waals surface area contributed by atoms with Gasteiger partial charge in [0.1, 0.15) is 5.75 Å². The lowest BCUT2D eigenvalue weighted by Crippen LogP contribution is -2.09. The molecule has 0 fully saturated rings. The molecular weight excluding hydrogens is 224 g/mol. The van der Waals surface area contributed by atoms with E-state index in [1.54, 1.807) is 7.11 Å². The van der Waals surface area contributed by atoms with E-state index in [2.05, 4.69) is 35.1 Å². The van der Waals surface area contributed by atoms with Crippen LogP contribution in [-0.4, -0.2) is 25.3 Å². The zero-order valence-corrected chi connectivity index (χ0v) is 11.5. The zero-order valence-electron chi connectivity index (χ0n) is 11.5. The van der Waals surface area contributed by atoms with Crippen molar-refractivity contribution in [3.8, 4) is 5.75 Å². The van der Waals surface area contributed by atoms with Crippen molar-refractivity contribution >= 4 is 10.9 Å². The molecule has 1 aromatic carbocycles. The highest BCUT2D eigenvalue weighted by atomic mass is 16.5. The van der Waals surface area contributed by atoms with Gasteiger partial charge in [0.15, 0.2) is 0 Å². The highest BCUT2D eigenvalue weighted by molar-refractivity contribution is 5.85. The van der Waals surface area contributed by atoms with Crippen molar-refractivity contribution in [1.82, 2.24) is 9.88 Å². The van der Waals surface area contributed by atoms with Gasteiger partial charge < -0.3 is 14.6 Å². The molecule has 18 heavy (non-hydrogen) atoms. The normalized spacial score (nSPS) is 11.1. The Hall–Kier alpha value is -1.48. The molecule has 0 bridgehead atoms. The van der Waals surface area contributed by atoms with Gasteiger partial charge in [-0.05, 0) is 44.1 Å². The number of aryl methyl sites for hydroxylation is 1. The number of fused-ring (bicyclic) bond motifs is 1. The van der Waals surface area contributed by atoms with E-state index in [9.17, 15) is 0 Å². The Morgan fingerprint density at radius 3 is 2.83 bits per heavy atom. The maximum atomic E-state index is 5.32. The molecule has 3 heteroatoms. The van der Waals surface area contributed by atoms with Gasteiger partial charge in [0.2, 0.25) is 0 Å². The first-order chi connectivity index (χ1) is 8.80. The predicted octanol–water partition coefficient (Wildman–Crippen LogP) is 2.82. The first kappa shape index (κ1) is 13.0. The molecule has 0 amide bonds. The Morgan fingerprint density at radius 2 is 2.17 bits per heavy atom. The third-order valence-corrected chi connectivity index (χ3v) is 3.28. The second-order valence-corrected chi connectivity index (χ2v) is 4.58. The number of nitrogens with zero attached hydrogens (tertiary/aromatic N) is 1.